The Morgan fingerprint density at radius 2 is 2.22 bits per heavy atom. The van der Waals surface area contributed by atoms with E-state index in [1.54, 1.807) is 30.1 Å². The molecule has 18 heavy (non-hydrogen) atoms. The zero-order valence-corrected chi connectivity index (χ0v) is 12.5. The van der Waals surface area contributed by atoms with Crippen LogP contribution in [0.2, 0.25) is 0 Å². The molecule has 1 aromatic carbocycles. The maximum absolute atomic E-state index is 12.1. The van der Waals surface area contributed by atoms with E-state index in [1.807, 2.05) is 0 Å². The molecule has 1 aromatic rings. The van der Waals surface area contributed by atoms with Crippen molar-refractivity contribution in [3.63, 3.8) is 0 Å². The molecule has 0 radical (unpaired) electrons. The zero-order valence-electron chi connectivity index (χ0n) is 10.1. The van der Waals surface area contributed by atoms with Gasteiger partial charge in [-0.3, -0.25) is 9.00 Å². The summed E-state index contributed by atoms with van der Waals surface area (Å²) in [5, 5.41) is 0. The molecule has 1 unspecified atom stereocenters. The highest BCUT2D eigenvalue weighted by atomic mass is 79.9. The summed E-state index contributed by atoms with van der Waals surface area (Å²) in [6, 6.07) is 5.52. The molecule has 0 spiro atoms. The molecule has 0 aliphatic heterocycles. The number of carbonyl (C=O) groups is 1. The molecule has 1 aliphatic rings. The van der Waals surface area contributed by atoms with Crippen LogP contribution >= 0.6 is 15.9 Å². The van der Waals surface area contributed by atoms with Crippen LogP contribution in [0.25, 0.3) is 0 Å². The monoisotopic (exact) mass is 330 g/mol. The molecular weight excluding hydrogens is 316 g/mol. The third-order valence-corrected chi connectivity index (χ3v) is 4.81. The molecule has 1 saturated carbocycles. The molecule has 1 amide bonds. The third kappa shape index (κ3) is 3.11. The summed E-state index contributed by atoms with van der Waals surface area (Å²) in [4.78, 5) is 14.1. The topological polar surface area (TPSA) is 63.4 Å². The summed E-state index contributed by atoms with van der Waals surface area (Å²) in [7, 11) is 0.374. The van der Waals surface area contributed by atoms with Crippen LogP contribution in [0.4, 0.5) is 5.69 Å². The minimum absolute atomic E-state index is 0.00630. The largest absolute Gasteiger partial charge is 0.398 e. The number of hydrogen-bond donors (Lipinski definition) is 1. The molecule has 2 rings (SSSR count). The van der Waals surface area contributed by atoms with Crippen LogP contribution in [0, 0.1) is 0 Å². The SMILES string of the molecule is CN(C(=O)CS(=O)c1cc(Br)ccc1N)C1CC1. The Hall–Kier alpha value is -0.880. The Kier molecular flexibility index (Phi) is 4.07. The summed E-state index contributed by atoms with van der Waals surface area (Å²) in [6.07, 6.45) is 2.10. The van der Waals surface area contributed by atoms with Crippen molar-refractivity contribution in [1.82, 2.24) is 4.90 Å². The lowest BCUT2D eigenvalue weighted by molar-refractivity contribution is -0.127. The Bertz CT molecular complexity index is 503. The van der Waals surface area contributed by atoms with Gasteiger partial charge in [0.1, 0.15) is 5.75 Å². The van der Waals surface area contributed by atoms with Crippen LogP contribution in [0.3, 0.4) is 0 Å². The highest BCUT2D eigenvalue weighted by Crippen LogP contribution is 2.26. The highest BCUT2D eigenvalue weighted by molar-refractivity contribution is 9.10. The number of anilines is 1. The number of amides is 1. The van der Waals surface area contributed by atoms with E-state index in [0.717, 1.165) is 17.3 Å². The summed E-state index contributed by atoms with van der Waals surface area (Å²) in [5.74, 6) is -0.0941. The van der Waals surface area contributed by atoms with Gasteiger partial charge in [0.25, 0.3) is 0 Å². The predicted molar refractivity (Wildman–Crippen MR) is 75.6 cm³/mol. The molecule has 1 atom stereocenters. The first kappa shape index (κ1) is 13.5. The van der Waals surface area contributed by atoms with E-state index in [9.17, 15) is 9.00 Å². The summed E-state index contributed by atoms with van der Waals surface area (Å²) in [5.41, 5.74) is 6.23. The second kappa shape index (κ2) is 5.40. The van der Waals surface area contributed by atoms with E-state index in [2.05, 4.69) is 15.9 Å². The number of benzene rings is 1. The van der Waals surface area contributed by atoms with E-state index >= 15 is 0 Å². The van der Waals surface area contributed by atoms with Crippen LogP contribution in [0.15, 0.2) is 27.6 Å². The molecule has 6 heteroatoms. The van der Waals surface area contributed by atoms with Crippen molar-refractivity contribution < 1.29 is 9.00 Å². The standard InChI is InChI=1S/C12H15BrN2O2S/c1-15(9-3-4-9)12(16)7-18(17)11-6-8(13)2-5-10(11)14/h2,5-6,9H,3-4,7,14H2,1H3. The first-order chi connectivity index (χ1) is 8.49. The lowest BCUT2D eigenvalue weighted by atomic mass is 10.3. The Morgan fingerprint density at radius 1 is 1.56 bits per heavy atom. The van der Waals surface area contributed by atoms with Crippen molar-refractivity contribution in [2.45, 2.75) is 23.8 Å². The zero-order chi connectivity index (χ0) is 13.3. The van der Waals surface area contributed by atoms with Crippen LogP contribution in [-0.2, 0) is 15.6 Å². The fourth-order valence-corrected chi connectivity index (χ4v) is 3.35. The molecule has 1 fully saturated rings. The number of rotatable bonds is 4. The average molecular weight is 331 g/mol. The van der Waals surface area contributed by atoms with Gasteiger partial charge < -0.3 is 10.6 Å². The number of hydrogen-bond acceptors (Lipinski definition) is 3. The third-order valence-electron chi connectivity index (χ3n) is 2.96. The number of nitrogen functional groups attached to an aromatic ring is 1. The molecule has 4 nitrogen and oxygen atoms in total. The maximum Gasteiger partial charge on any atom is 0.235 e. The van der Waals surface area contributed by atoms with Crippen molar-refractivity contribution in [1.29, 1.82) is 0 Å². The predicted octanol–water partition coefficient (Wildman–Crippen LogP) is 1.76. The summed E-state index contributed by atoms with van der Waals surface area (Å²) >= 11 is 3.31. The number of carbonyl (C=O) groups excluding carboxylic acids is 1. The molecule has 0 heterocycles. The smallest absolute Gasteiger partial charge is 0.235 e. The Labute approximate surface area is 117 Å². The van der Waals surface area contributed by atoms with E-state index in [4.69, 9.17) is 5.73 Å². The molecule has 1 aliphatic carbocycles. The van der Waals surface area contributed by atoms with Gasteiger partial charge in [0.05, 0.1) is 15.7 Å². The molecular formula is C12H15BrN2O2S. The van der Waals surface area contributed by atoms with Crippen molar-refractivity contribution in [3.05, 3.63) is 22.7 Å². The average Bonchev–Trinajstić information content (AvgIpc) is 3.15. The quantitative estimate of drug-likeness (QED) is 0.855. The minimum atomic E-state index is -1.39. The van der Waals surface area contributed by atoms with Gasteiger partial charge in [-0.05, 0) is 31.0 Å². The van der Waals surface area contributed by atoms with Crippen molar-refractivity contribution in [2.75, 3.05) is 18.5 Å². The lowest BCUT2D eigenvalue weighted by Gasteiger charge is -2.16. The van der Waals surface area contributed by atoms with Crippen LogP contribution in [-0.4, -0.2) is 33.9 Å². The highest BCUT2D eigenvalue weighted by Gasteiger charge is 2.30. The first-order valence-corrected chi connectivity index (χ1v) is 7.79. The Morgan fingerprint density at radius 3 is 2.83 bits per heavy atom. The molecule has 0 aromatic heterocycles. The van der Waals surface area contributed by atoms with Gasteiger partial charge in [0.2, 0.25) is 5.91 Å². The van der Waals surface area contributed by atoms with Gasteiger partial charge in [-0.1, -0.05) is 15.9 Å². The van der Waals surface area contributed by atoms with E-state index in [1.165, 1.54) is 0 Å². The molecule has 2 N–H and O–H groups in total. The second-order valence-electron chi connectivity index (χ2n) is 4.41. The van der Waals surface area contributed by atoms with Crippen molar-refractivity contribution in [2.24, 2.45) is 0 Å². The lowest BCUT2D eigenvalue weighted by Crippen LogP contribution is -2.32. The number of nitrogens with two attached hydrogens (primary N) is 1. The molecule has 0 bridgehead atoms. The number of halogens is 1. The van der Waals surface area contributed by atoms with Crippen LogP contribution < -0.4 is 5.73 Å². The van der Waals surface area contributed by atoms with Gasteiger partial charge in [0.15, 0.2) is 0 Å². The van der Waals surface area contributed by atoms with Crippen LogP contribution in [0.1, 0.15) is 12.8 Å². The van der Waals surface area contributed by atoms with Crippen molar-refractivity contribution >= 4 is 38.3 Å². The number of nitrogens with zero attached hydrogens (tertiary/aromatic N) is 1. The summed E-state index contributed by atoms with van der Waals surface area (Å²) in [6.45, 7) is 0. The van der Waals surface area contributed by atoms with Crippen LogP contribution in [0.5, 0.6) is 0 Å². The molecule has 0 saturated heterocycles. The normalized spacial score (nSPS) is 16.3. The first-order valence-electron chi connectivity index (χ1n) is 5.68. The fourth-order valence-electron chi connectivity index (χ4n) is 1.66. The van der Waals surface area contributed by atoms with Gasteiger partial charge >= 0.3 is 0 Å². The summed E-state index contributed by atoms with van der Waals surface area (Å²) < 4.78 is 12.9. The van der Waals surface area contributed by atoms with E-state index in [-0.39, 0.29) is 11.7 Å². The minimum Gasteiger partial charge on any atom is -0.398 e. The van der Waals surface area contributed by atoms with Crippen molar-refractivity contribution in [3.8, 4) is 0 Å². The fraction of sp³-hybridized carbons (Fsp3) is 0.417. The van der Waals surface area contributed by atoms with E-state index in [0.29, 0.717) is 16.6 Å². The van der Waals surface area contributed by atoms with Gasteiger partial charge in [-0.15, -0.1) is 0 Å². The van der Waals surface area contributed by atoms with E-state index < -0.39 is 10.8 Å². The van der Waals surface area contributed by atoms with Gasteiger partial charge in [-0.25, -0.2) is 0 Å². The Balaban J connectivity index is 2.07. The van der Waals surface area contributed by atoms with Gasteiger partial charge in [0, 0.05) is 23.2 Å². The second-order valence-corrected chi connectivity index (χ2v) is 6.74. The van der Waals surface area contributed by atoms with Gasteiger partial charge in [-0.2, -0.15) is 0 Å². The molecule has 98 valence electrons. The maximum atomic E-state index is 12.1.